The third kappa shape index (κ3) is 2.56. The number of hydrogen-bond donors (Lipinski definition) is 1. The lowest BCUT2D eigenvalue weighted by atomic mass is 10.2. The van der Waals surface area contributed by atoms with Crippen LogP contribution in [0, 0.1) is 6.92 Å². The molecular weight excluding hydrogens is 196 g/mol. The summed E-state index contributed by atoms with van der Waals surface area (Å²) >= 11 is 1.71. The predicted molar refractivity (Wildman–Crippen MR) is 59.2 cm³/mol. The first-order valence-corrected chi connectivity index (χ1v) is 5.43. The van der Waals surface area contributed by atoms with Crippen molar-refractivity contribution in [2.45, 2.75) is 26.4 Å². The van der Waals surface area contributed by atoms with Crippen LogP contribution in [0.4, 0.5) is 0 Å². The van der Waals surface area contributed by atoms with Crippen molar-refractivity contribution >= 4 is 17.2 Å². The van der Waals surface area contributed by atoms with E-state index in [9.17, 15) is 4.79 Å². The number of carbonyl (C=O) groups is 1. The number of likely N-dealkylation sites (N-methyl/N-ethyl adjacent to an activating group) is 1. The third-order valence-corrected chi connectivity index (χ3v) is 3.44. The Morgan fingerprint density at radius 3 is 2.79 bits per heavy atom. The van der Waals surface area contributed by atoms with Crippen LogP contribution in [0.3, 0.4) is 0 Å². The fourth-order valence-corrected chi connectivity index (χ4v) is 2.12. The minimum Gasteiger partial charge on any atom is -0.368 e. The molecule has 0 aromatic carbocycles. The van der Waals surface area contributed by atoms with Gasteiger partial charge in [0.05, 0.1) is 6.04 Å². The first-order valence-electron chi connectivity index (χ1n) is 4.55. The Labute approximate surface area is 88.5 Å². The van der Waals surface area contributed by atoms with Crippen LogP contribution in [0.1, 0.15) is 17.4 Å². The summed E-state index contributed by atoms with van der Waals surface area (Å²) in [6.07, 6.45) is 0. The smallest absolute Gasteiger partial charge is 0.234 e. The average molecular weight is 212 g/mol. The number of aryl methyl sites for hydroxylation is 1. The van der Waals surface area contributed by atoms with Gasteiger partial charge in [-0.1, -0.05) is 0 Å². The number of thiophene rings is 1. The average Bonchev–Trinajstić information content (AvgIpc) is 2.50. The maximum atomic E-state index is 10.9. The van der Waals surface area contributed by atoms with Gasteiger partial charge in [0.1, 0.15) is 0 Å². The fraction of sp³-hybridized carbons (Fsp3) is 0.500. The van der Waals surface area contributed by atoms with Gasteiger partial charge in [-0.15, -0.1) is 11.3 Å². The highest BCUT2D eigenvalue weighted by Crippen LogP contribution is 2.17. The molecule has 0 aliphatic carbocycles. The fourth-order valence-electron chi connectivity index (χ4n) is 1.15. The second kappa shape index (κ2) is 4.57. The zero-order valence-electron chi connectivity index (χ0n) is 8.78. The minimum atomic E-state index is -0.276. The Hall–Kier alpha value is -0.870. The Morgan fingerprint density at radius 2 is 2.36 bits per heavy atom. The quantitative estimate of drug-likeness (QED) is 0.819. The van der Waals surface area contributed by atoms with Gasteiger partial charge in [0.2, 0.25) is 5.91 Å². The first-order chi connectivity index (χ1) is 6.52. The number of carbonyl (C=O) groups excluding carboxylic acids is 1. The van der Waals surface area contributed by atoms with Crippen LogP contribution in [-0.2, 0) is 11.3 Å². The molecule has 1 heterocycles. The number of hydrogen-bond acceptors (Lipinski definition) is 3. The highest BCUT2D eigenvalue weighted by atomic mass is 32.1. The summed E-state index contributed by atoms with van der Waals surface area (Å²) in [5, 5.41) is 2.06. The van der Waals surface area contributed by atoms with Crippen molar-refractivity contribution in [1.29, 1.82) is 0 Å². The summed E-state index contributed by atoms with van der Waals surface area (Å²) in [7, 11) is 1.91. The zero-order valence-corrected chi connectivity index (χ0v) is 9.60. The van der Waals surface area contributed by atoms with Gasteiger partial charge in [0.25, 0.3) is 0 Å². The van der Waals surface area contributed by atoms with Crippen molar-refractivity contribution in [3.05, 3.63) is 21.9 Å². The lowest BCUT2D eigenvalue weighted by Gasteiger charge is -2.21. The van der Waals surface area contributed by atoms with E-state index >= 15 is 0 Å². The molecular formula is C10H16N2OS. The molecule has 1 atom stereocenters. The van der Waals surface area contributed by atoms with Gasteiger partial charge in [-0.3, -0.25) is 9.69 Å². The SMILES string of the molecule is Cc1ccsc1CN(C)[C@@H](C)C(N)=O. The second-order valence-corrected chi connectivity index (χ2v) is 4.52. The Morgan fingerprint density at radius 1 is 1.71 bits per heavy atom. The van der Waals surface area contributed by atoms with Crippen LogP contribution in [0.15, 0.2) is 11.4 Å². The number of nitrogens with zero attached hydrogens (tertiary/aromatic N) is 1. The van der Waals surface area contributed by atoms with E-state index in [2.05, 4.69) is 18.4 Å². The summed E-state index contributed by atoms with van der Waals surface area (Å²) < 4.78 is 0. The molecule has 0 fully saturated rings. The molecule has 2 N–H and O–H groups in total. The van der Waals surface area contributed by atoms with Crippen molar-refractivity contribution in [2.24, 2.45) is 5.73 Å². The molecule has 0 radical (unpaired) electrons. The number of amides is 1. The second-order valence-electron chi connectivity index (χ2n) is 3.52. The number of nitrogens with two attached hydrogens (primary N) is 1. The molecule has 14 heavy (non-hydrogen) atoms. The molecule has 1 aromatic rings. The van der Waals surface area contributed by atoms with Crippen molar-refractivity contribution in [3.63, 3.8) is 0 Å². The van der Waals surface area contributed by atoms with Crippen LogP contribution in [0.25, 0.3) is 0 Å². The summed E-state index contributed by atoms with van der Waals surface area (Å²) in [4.78, 5) is 14.2. The lowest BCUT2D eigenvalue weighted by Crippen LogP contribution is -2.39. The maximum absolute atomic E-state index is 10.9. The zero-order chi connectivity index (χ0) is 10.7. The Kier molecular flexibility index (Phi) is 3.66. The van der Waals surface area contributed by atoms with E-state index in [1.165, 1.54) is 10.4 Å². The van der Waals surface area contributed by atoms with E-state index in [4.69, 9.17) is 5.73 Å². The van der Waals surface area contributed by atoms with Crippen molar-refractivity contribution in [1.82, 2.24) is 4.90 Å². The van der Waals surface area contributed by atoms with Gasteiger partial charge in [0, 0.05) is 11.4 Å². The Balaban J connectivity index is 2.61. The van der Waals surface area contributed by atoms with Crippen LogP contribution < -0.4 is 5.73 Å². The molecule has 1 rings (SSSR count). The molecule has 0 saturated heterocycles. The highest BCUT2D eigenvalue weighted by molar-refractivity contribution is 7.10. The Bertz CT molecular complexity index is 322. The molecule has 1 aromatic heterocycles. The van der Waals surface area contributed by atoms with E-state index in [0.29, 0.717) is 0 Å². The molecule has 0 unspecified atom stereocenters. The predicted octanol–water partition coefficient (Wildman–Crippen LogP) is 1.36. The molecule has 4 heteroatoms. The minimum absolute atomic E-state index is 0.212. The maximum Gasteiger partial charge on any atom is 0.234 e. The summed E-state index contributed by atoms with van der Waals surface area (Å²) in [5.74, 6) is -0.276. The van der Waals surface area contributed by atoms with Gasteiger partial charge < -0.3 is 5.73 Å². The van der Waals surface area contributed by atoms with Gasteiger partial charge in [-0.05, 0) is 37.9 Å². The van der Waals surface area contributed by atoms with Gasteiger partial charge in [0.15, 0.2) is 0 Å². The van der Waals surface area contributed by atoms with E-state index < -0.39 is 0 Å². The van der Waals surface area contributed by atoms with Crippen molar-refractivity contribution in [3.8, 4) is 0 Å². The molecule has 0 spiro atoms. The van der Waals surface area contributed by atoms with Crippen LogP contribution in [0.2, 0.25) is 0 Å². The normalized spacial score (nSPS) is 13.1. The summed E-state index contributed by atoms with van der Waals surface area (Å²) in [6, 6.07) is 1.87. The van der Waals surface area contributed by atoms with Crippen LogP contribution >= 0.6 is 11.3 Å². The first kappa shape index (κ1) is 11.2. The standard InChI is InChI=1S/C10H16N2OS/c1-7-4-5-14-9(7)6-12(3)8(2)10(11)13/h4-5,8H,6H2,1-3H3,(H2,11,13)/t8-/m0/s1. The molecule has 0 bridgehead atoms. The monoisotopic (exact) mass is 212 g/mol. The molecule has 0 aliphatic rings. The van der Waals surface area contributed by atoms with Gasteiger partial charge >= 0.3 is 0 Å². The van der Waals surface area contributed by atoms with Gasteiger partial charge in [-0.2, -0.15) is 0 Å². The molecule has 78 valence electrons. The van der Waals surface area contributed by atoms with E-state index in [1.54, 1.807) is 11.3 Å². The summed E-state index contributed by atoms with van der Waals surface area (Å²) in [6.45, 7) is 4.69. The van der Waals surface area contributed by atoms with E-state index in [0.717, 1.165) is 6.54 Å². The third-order valence-electron chi connectivity index (χ3n) is 2.43. The van der Waals surface area contributed by atoms with Crippen molar-refractivity contribution < 1.29 is 4.79 Å². The van der Waals surface area contributed by atoms with Gasteiger partial charge in [-0.25, -0.2) is 0 Å². The van der Waals surface area contributed by atoms with E-state index in [-0.39, 0.29) is 11.9 Å². The number of primary amides is 1. The van der Waals surface area contributed by atoms with Crippen LogP contribution in [0.5, 0.6) is 0 Å². The molecule has 1 amide bonds. The molecule has 3 nitrogen and oxygen atoms in total. The summed E-state index contributed by atoms with van der Waals surface area (Å²) in [5.41, 5.74) is 6.50. The topological polar surface area (TPSA) is 46.3 Å². The van der Waals surface area contributed by atoms with Crippen LogP contribution in [-0.4, -0.2) is 23.9 Å². The number of rotatable bonds is 4. The lowest BCUT2D eigenvalue weighted by molar-refractivity contribution is -0.122. The molecule has 0 saturated carbocycles. The highest BCUT2D eigenvalue weighted by Gasteiger charge is 2.15. The molecule has 0 aliphatic heterocycles. The largest absolute Gasteiger partial charge is 0.368 e. The van der Waals surface area contributed by atoms with Crippen molar-refractivity contribution in [2.75, 3.05) is 7.05 Å². The van der Waals surface area contributed by atoms with E-state index in [1.807, 2.05) is 18.9 Å².